The molecular weight excluding hydrogens is 372 g/mol. The zero-order valence-corrected chi connectivity index (χ0v) is 16.9. The Morgan fingerprint density at radius 3 is 2.86 bits per heavy atom. The topological polar surface area (TPSA) is 51.7 Å². The summed E-state index contributed by atoms with van der Waals surface area (Å²) in [5.74, 6) is 0.635. The number of pyridine rings is 1. The molecule has 0 aliphatic carbocycles. The molecule has 0 radical (unpaired) electrons. The maximum Gasteiger partial charge on any atom is 0.310 e. The number of benzene rings is 1. The van der Waals surface area contributed by atoms with E-state index in [9.17, 15) is 4.79 Å². The minimum Gasteiger partial charge on any atom is -0.491 e. The number of anilines is 1. The zero-order valence-electron chi connectivity index (χ0n) is 16.1. The number of nitrogens with zero attached hydrogens (tertiary/aromatic N) is 2. The molecule has 28 heavy (non-hydrogen) atoms. The molecule has 1 atom stereocenters. The first-order chi connectivity index (χ1) is 13.6. The number of carbonyl (C=O) groups excluding carboxylic acids is 1. The van der Waals surface area contributed by atoms with Crippen LogP contribution in [0, 0.1) is 0 Å². The molecule has 1 aliphatic rings. The van der Waals surface area contributed by atoms with Crippen LogP contribution in [0.3, 0.4) is 0 Å². The Morgan fingerprint density at radius 2 is 2.07 bits per heavy atom. The fourth-order valence-corrected chi connectivity index (χ4v) is 4.29. The van der Waals surface area contributed by atoms with Crippen LogP contribution in [0.15, 0.2) is 48.0 Å². The Hall–Kier alpha value is -2.60. The predicted molar refractivity (Wildman–Crippen MR) is 112 cm³/mol. The minimum atomic E-state index is -0.181. The number of carbonyl (C=O) groups is 1. The second-order valence-electron chi connectivity index (χ2n) is 7.30. The Labute approximate surface area is 168 Å². The maximum atomic E-state index is 12.4. The molecule has 4 rings (SSSR count). The van der Waals surface area contributed by atoms with Crippen molar-refractivity contribution in [3.8, 4) is 5.75 Å². The maximum absolute atomic E-state index is 12.4. The number of esters is 1. The molecule has 1 unspecified atom stereocenters. The number of hydrogen-bond donors (Lipinski definition) is 0. The average molecular weight is 397 g/mol. The van der Waals surface area contributed by atoms with E-state index in [1.807, 2.05) is 50.4 Å². The van der Waals surface area contributed by atoms with Gasteiger partial charge < -0.3 is 14.4 Å². The standard InChI is InChI=1S/C22H24N2O3S/c1-15(2)26-17-5-3-16(4-6-17)13-21(25)27-18-8-11-24(14-18)20-7-10-23-22-19(20)9-12-28-22/h3-7,9-10,12,15,18H,8,11,13-14H2,1-2H3. The monoisotopic (exact) mass is 396 g/mol. The summed E-state index contributed by atoms with van der Waals surface area (Å²) in [5.41, 5.74) is 2.11. The van der Waals surface area contributed by atoms with Crippen molar-refractivity contribution in [1.29, 1.82) is 0 Å². The van der Waals surface area contributed by atoms with E-state index in [0.29, 0.717) is 0 Å². The first-order valence-electron chi connectivity index (χ1n) is 9.61. The normalized spacial score (nSPS) is 16.7. The highest BCUT2D eigenvalue weighted by atomic mass is 32.1. The van der Waals surface area contributed by atoms with Crippen LogP contribution in [0.4, 0.5) is 5.69 Å². The van der Waals surface area contributed by atoms with E-state index in [-0.39, 0.29) is 24.6 Å². The Balaban J connectivity index is 1.33. The summed E-state index contributed by atoms with van der Waals surface area (Å²) in [4.78, 5) is 20.1. The first-order valence-corrected chi connectivity index (χ1v) is 10.5. The predicted octanol–water partition coefficient (Wildman–Crippen LogP) is 4.45. The van der Waals surface area contributed by atoms with Crippen molar-refractivity contribution in [2.24, 2.45) is 0 Å². The van der Waals surface area contributed by atoms with Crippen LogP contribution in [-0.4, -0.2) is 36.3 Å². The highest BCUT2D eigenvalue weighted by molar-refractivity contribution is 7.16. The largest absolute Gasteiger partial charge is 0.491 e. The molecule has 0 saturated carbocycles. The summed E-state index contributed by atoms with van der Waals surface area (Å²) in [6.45, 7) is 5.59. The minimum absolute atomic E-state index is 0.0714. The van der Waals surface area contributed by atoms with Crippen molar-refractivity contribution in [2.45, 2.75) is 38.9 Å². The van der Waals surface area contributed by atoms with Gasteiger partial charge in [-0.3, -0.25) is 4.79 Å². The molecule has 1 fully saturated rings. The quantitative estimate of drug-likeness (QED) is 0.576. The van der Waals surface area contributed by atoms with Gasteiger partial charge in [-0.2, -0.15) is 0 Å². The van der Waals surface area contributed by atoms with Gasteiger partial charge in [-0.15, -0.1) is 11.3 Å². The fourth-order valence-electron chi connectivity index (χ4n) is 3.53. The van der Waals surface area contributed by atoms with Crippen LogP contribution >= 0.6 is 11.3 Å². The van der Waals surface area contributed by atoms with Crippen LogP contribution in [0.2, 0.25) is 0 Å². The SMILES string of the molecule is CC(C)Oc1ccc(CC(=O)OC2CCN(c3ccnc4sccc34)C2)cc1. The van der Waals surface area contributed by atoms with E-state index in [0.717, 1.165) is 35.7 Å². The Kier molecular flexibility index (Phi) is 5.48. The van der Waals surface area contributed by atoms with Gasteiger partial charge in [-0.25, -0.2) is 4.98 Å². The van der Waals surface area contributed by atoms with Crippen LogP contribution in [0.1, 0.15) is 25.8 Å². The zero-order chi connectivity index (χ0) is 19.5. The number of hydrogen-bond acceptors (Lipinski definition) is 6. The lowest BCUT2D eigenvalue weighted by Gasteiger charge is -2.19. The van der Waals surface area contributed by atoms with Gasteiger partial charge in [-0.05, 0) is 49.1 Å². The highest BCUT2D eigenvalue weighted by Gasteiger charge is 2.27. The average Bonchev–Trinajstić information content (AvgIpc) is 3.32. The van der Waals surface area contributed by atoms with Gasteiger partial charge in [0, 0.05) is 30.2 Å². The number of thiophene rings is 1. The van der Waals surface area contributed by atoms with Crippen LogP contribution in [0.5, 0.6) is 5.75 Å². The molecule has 0 N–H and O–H groups in total. The lowest BCUT2D eigenvalue weighted by Crippen LogP contribution is -2.25. The molecule has 5 nitrogen and oxygen atoms in total. The molecule has 0 spiro atoms. The summed E-state index contributed by atoms with van der Waals surface area (Å²) in [7, 11) is 0. The molecule has 0 bridgehead atoms. The third-order valence-corrected chi connectivity index (χ3v) is 5.59. The molecule has 146 valence electrons. The molecule has 0 amide bonds. The lowest BCUT2D eigenvalue weighted by molar-refractivity contribution is -0.147. The first kappa shape index (κ1) is 18.7. The summed E-state index contributed by atoms with van der Waals surface area (Å²) >= 11 is 1.64. The fraction of sp³-hybridized carbons (Fsp3) is 0.364. The summed E-state index contributed by atoms with van der Waals surface area (Å²) in [6, 6.07) is 11.8. The molecule has 1 saturated heterocycles. The van der Waals surface area contributed by atoms with Crippen molar-refractivity contribution in [3.63, 3.8) is 0 Å². The van der Waals surface area contributed by atoms with E-state index in [4.69, 9.17) is 9.47 Å². The van der Waals surface area contributed by atoms with Gasteiger partial charge in [0.05, 0.1) is 19.1 Å². The number of fused-ring (bicyclic) bond motifs is 1. The van der Waals surface area contributed by atoms with Crippen molar-refractivity contribution in [2.75, 3.05) is 18.0 Å². The smallest absolute Gasteiger partial charge is 0.310 e. The van der Waals surface area contributed by atoms with Gasteiger partial charge in [0.1, 0.15) is 16.7 Å². The van der Waals surface area contributed by atoms with Gasteiger partial charge in [-0.1, -0.05) is 12.1 Å². The van der Waals surface area contributed by atoms with Crippen molar-refractivity contribution in [1.82, 2.24) is 4.98 Å². The third kappa shape index (κ3) is 4.28. The summed E-state index contributed by atoms with van der Waals surface area (Å²) in [5, 5.41) is 3.23. The van der Waals surface area contributed by atoms with E-state index in [1.165, 1.54) is 11.1 Å². The molecule has 3 heterocycles. The van der Waals surface area contributed by atoms with Crippen LogP contribution in [0.25, 0.3) is 10.2 Å². The van der Waals surface area contributed by atoms with Crippen LogP contribution < -0.4 is 9.64 Å². The molecule has 2 aromatic heterocycles. The Morgan fingerprint density at radius 1 is 1.25 bits per heavy atom. The van der Waals surface area contributed by atoms with Crippen molar-refractivity contribution >= 4 is 33.2 Å². The Bertz CT molecular complexity index is 952. The van der Waals surface area contributed by atoms with Gasteiger partial charge >= 0.3 is 5.97 Å². The molecule has 3 aromatic rings. The highest BCUT2D eigenvalue weighted by Crippen LogP contribution is 2.31. The second-order valence-corrected chi connectivity index (χ2v) is 8.20. The molecule has 6 heteroatoms. The number of rotatable bonds is 6. The van der Waals surface area contributed by atoms with E-state index in [1.54, 1.807) is 11.3 Å². The van der Waals surface area contributed by atoms with E-state index >= 15 is 0 Å². The van der Waals surface area contributed by atoms with Crippen LogP contribution in [-0.2, 0) is 16.0 Å². The molecular formula is C22H24N2O3S. The second kappa shape index (κ2) is 8.19. The summed E-state index contributed by atoms with van der Waals surface area (Å²) < 4.78 is 11.4. The van der Waals surface area contributed by atoms with Crippen molar-refractivity contribution in [3.05, 3.63) is 53.5 Å². The third-order valence-electron chi connectivity index (χ3n) is 4.77. The van der Waals surface area contributed by atoms with Gasteiger partial charge in [0.25, 0.3) is 0 Å². The lowest BCUT2D eigenvalue weighted by atomic mass is 10.1. The van der Waals surface area contributed by atoms with Gasteiger partial charge in [0.2, 0.25) is 0 Å². The van der Waals surface area contributed by atoms with Crippen molar-refractivity contribution < 1.29 is 14.3 Å². The summed E-state index contributed by atoms with van der Waals surface area (Å²) in [6.07, 6.45) is 3.04. The number of aromatic nitrogens is 1. The molecule has 1 aromatic carbocycles. The number of ether oxygens (including phenoxy) is 2. The van der Waals surface area contributed by atoms with E-state index in [2.05, 4.69) is 21.3 Å². The van der Waals surface area contributed by atoms with E-state index < -0.39 is 0 Å². The molecule has 1 aliphatic heterocycles. The van der Waals surface area contributed by atoms with Gasteiger partial charge in [0.15, 0.2) is 0 Å².